The van der Waals surface area contributed by atoms with Crippen LogP contribution in [0, 0.1) is 5.41 Å². The number of carbonyl (C=O) groups is 1. The zero-order chi connectivity index (χ0) is 13.0. The first kappa shape index (κ1) is 15.8. The molecule has 0 unspecified atom stereocenters. The molecule has 0 aromatic rings. The van der Waals surface area contributed by atoms with Gasteiger partial charge in [0.05, 0.1) is 5.75 Å². The molecule has 96 valence electrons. The molecule has 2 N–H and O–H groups in total. The molecule has 0 saturated heterocycles. The van der Waals surface area contributed by atoms with Crippen molar-refractivity contribution in [3.8, 4) is 0 Å². The molecule has 0 aliphatic heterocycles. The molecule has 3 nitrogen and oxygen atoms in total. The normalized spacial score (nSPS) is 12.7. The van der Waals surface area contributed by atoms with E-state index >= 15 is 0 Å². The summed E-state index contributed by atoms with van der Waals surface area (Å²) in [4.78, 5) is 13.6. The van der Waals surface area contributed by atoms with E-state index in [0.717, 1.165) is 0 Å². The van der Waals surface area contributed by atoms with Crippen molar-refractivity contribution in [2.24, 2.45) is 11.1 Å². The summed E-state index contributed by atoms with van der Waals surface area (Å²) in [5.74, 6) is 0.724. The maximum Gasteiger partial charge on any atom is 0.232 e. The van der Waals surface area contributed by atoms with Gasteiger partial charge in [-0.2, -0.15) is 0 Å². The van der Waals surface area contributed by atoms with E-state index in [2.05, 4.69) is 34.6 Å². The molecule has 0 aliphatic rings. The van der Waals surface area contributed by atoms with Crippen molar-refractivity contribution in [1.82, 2.24) is 4.90 Å². The number of hydrogen-bond acceptors (Lipinski definition) is 3. The molecule has 0 aliphatic carbocycles. The fourth-order valence-electron chi connectivity index (χ4n) is 1.18. The molecule has 1 amide bonds. The Balaban J connectivity index is 4.10. The number of hydrogen-bond donors (Lipinski definition) is 1. The molecule has 0 fully saturated rings. The quantitative estimate of drug-likeness (QED) is 0.806. The first-order valence-corrected chi connectivity index (χ1v) is 6.64. The highest BCUT2D eigenvalue weighted by Gasteiger charge is 2.22. The van der Waals surface area contributed by atoms with Crippen molar-refractivity contribution in [2.45, 2.75) is 39.4 Å². The maximum absolute atomic E-state index is 11.8. The van der Waals surface area contributed by atoms with Gasteiger partial charge in [-0.25, -0.2) is 0 Å². The van der Waals surface area contributed by atoms with E-state index in [4.69, 9.17) is 5.73 Å². The first-order valence-electron chi connectivity index (χ1n) is 5.65. The third kappa shape index (κ3) is 7.12. The number of rotatable bonds is 5. The molecule has 16 heavy (non-hydrogen) atoms. The monoisotopic (exact) mass is 246 g/mol. The van der Waals surface area contributed by atoms with Crippen LogP contribution < -0.4 is 5.73 Å². The van der Waals surface area contributed by atoms with Crippen LogP contribution in [0.4, 0.5) is 0 Å². The summed E-state index contributed by atoms with van der Waals surface area (Å²) in [6, 6.07) is 0. The Morgan fingerprint density at radius 2 is 1.75 bits per heavy atom. The summed E-state index contributed by atoms with van der Waals surface area (Å²) in [6.07, 6.45) is 0. The smallest absolute Gasteiger partial charge is 0.232 e. The number of nitrogens with two attached hydrogens (primary N) is 1. The van der Waals surface area contributed by atoms with Crippen LogP contribution in [0.25, 0.3) is 0 Å². The van der Waals surface area contributed by atoms with E-state index < -0.39 is 0 Å². The standard InChI is InChI=1S/C12H26N2OS/c1-11(2,3)16-7-10(15)14(6)9-12(4,5)8-13/h7-9,13H2,1-6H3. The second kappa shape index (κ2) is 5.92. The average molecular weight is 246 g/mol. The Labute approximate surface area is 104 Å². The van der Waals surface area contributed by atoms with Gasteiger partial charge in [-0.1, -0.05) is 34.6 Å². The maximum atomic E-state index is 11.8. The van der Waals surface area contributed by atoms with Gasteiger partial charge in [-0.3, -0.25) is 4.79 Å². The van der Waals surface area contributed by atoms with Crippen LogP contribution in [0.3, 0.4) is 0 Å². The van der Waals surface area contributed by atoms with Crippen molar-refractivity contribution < 1.29 is 4.79 Å². The van der Waals surface area contributed by atoms with Crippen LogP contribution in [0.15, 0.2) is 0 Å². The molecular formula is C12H26N2OS. The zero-order valence-corrected chi connectivity index (χ0v) is 12.3. The third-order valence-electron chi connectivity index (χ3n) is 2.27. The van der Waals surface area contributed by atoms with Gasteiger partial charge in [0.1, 0.15) is 0 Å². The summed E-state index contributed by atoms with van der Waals surface area (Å²) in [6.45, 7) is 11.8. The largest absolute Gasteiger partial charge is 0.344 e. The van der Waals surface area contributed by atoms with Crippen molar-refractivity contribution in [1.29, 1.82) is 0 Å². The molecule has 0 rings (SSSR count). The van der Waals surface area contributed by atoms with Crippen molar-refractivity contribution in [3.05, 3.63) is 0 Å². The predicted molar refractivity (Wildman–Crippen MR) is 72.7 cm³/mol. The Morgan fingerprint density at radius 3 is 2.12 bits per heavy atom. The minimum Gasteiger partial charge on any atom is -0.344 e. The van der Waals surface area contributed by atoms with Crippen LogP contribution in [-0.4, -0.2) is 41.4 Å². The van der Waals surface area contributed by atoms with Gasteiger partial charge in [0, 0.05) is 18.3 Å². The molecule has 0 saturated carbocycles. The third-order valence-corrected chi connectivity index (χ3v) is 3.53. The van der Waals surface area contributed by atoms with Gasteiger partial charge < -0.3 is 10.6 Å². The fraction of sp³-hybridized carbons (Fsp3) is 0.917. The Kier molecular flexibility index (Phi) is 5.84. The average Bonchev–Trinajstić information content (AvgIpc) is 2.12. The minimum atomic E-state index is -0.00317. The zero-order valence-electron chi connectivity index (χ0n) is 11.5. The van der Waals surface area contributed by atoms with Gasteiger partial charge in [0.25, 0.3) is 0 Å². The summed E-state index contributed by atoms with van der Waals surface area (Å²) in [5, 5.41) is 0. The van der Waals surface area contributed by atoms with E-state index in [1.807, 2.05) is 7.05 Å². The molecule has 0 aromatic heterocycles. The highest BCUT2D eigenvalue weighted by molar-refractivity contribution is 8.01. The minimum absolute atomic E-state index is 0.00317. The van der Waals surface area contributed by atoms with Crippen molar-refractivity contribution in [3.63, 3.8) is 0 Å². The number of carbonyl (C=O) groups excluding carboxylic acids is 1. The summed E-state index contributed by atoms with van der Waals surface area (Å²) in [7, 11) is 1.85. The summed E-state index contributed by atoms with van der Waals surface area (Å²) >= 11 is 1.68. The van der Waals surface area contributed by atoms with Gasteiger partial charge in [-0.05, 0) is 12.0 Å². The van der Waals surface area contributed by atoms with Gasteiger partial charge >= 0.3 is 0 Å². The van der Waals surface area contributed by atoms with Crippen LogP contribution in [0.5, 0.6) is 0 Å². The van der Waals surface area contributed by atoms with E-state index in [9.17, 15) is 4.79 Å². The lowest BCUT2D eigenvalue weighted by Crippen LogP contribution is -2.40. The lowest BCUT2D eigenvalue weighted by Gasteiger charge is -2.29. The summed E-state index contributed by atoms with van der Waals surface area (Å²) < 4.78 is 0.139. The molecule has 4 heteroatoms. The molecule has 0 atom stereocenters. The lowest BCUT2D eigenvalue weighted by atomic mass is 9.93. The second-order valence-corrected chi connectivity index (χ2v) is 7.82. The number of thioether (sulfide) groups is 1. The highest BCUT2D eigenvalue weighted by Crippen LogP contribution is 2.23. The molecule has 0 spiro atoms. The Hall–Kier alpha value is -0.220. The molecular weight excluding hydrogens is 220 g/mol. The van der Waals surface area contributed by atoms with Crippen LogP contribution in [0.1, 0.15) is 34.6 Å². The van der Waals surface area contributed by atoms with Gasteiger partial charge in [0.15, 0.2) is 0 Å². The SMILES string of the molecule is CN(CC(C)(C)CN)C(=O)CSC(C)(C)C. The van der Waals surface area contributed by atoms with Crippen LogP contribution >= 0.6 is 11.8 Å². The predicted octanol–water partition coefficient (Wildman–Crippen LogP) is 1.96. The molecule has 0 bridgehead atoms. The fourth-order valence-corrected chi connectivity index (χ4v) is 1.96. The van der Waals surface area contributed by atoms with E-state index in [1.54, 1.807) is 16.7 Å². The van der Waals surface area contributed by atoms with Gasteiger partial charge in [0.2, 0.25) is 5.91 Å². The number of nitrogens with zero attached hydrogens (tertiary/aromatic N) is 1. The van der Waals surface area contributed by atoms with E-state index in [1.165, 1.54) is 0 Å². The first-order chi connectivity index (χ1) is 7.07. The Morgan fingerprint density at radius 1 is 1.25 bits per heavy atom. The van der Waals surface area contributed by atoms with Crippen molar-refractivity contribution >= 4 is 17.7 Å². The topological polar surface area (TPSA) is 46.3 Å². The van der Waals surface area contributed by atoms with Gasteiger partial charge in [-0.15, -0.1) is 11.8 Å². The second-order valence-electron chi connectivity index (χ2n) is 6.02. The van der Waals surface area contributed by atoms with E-state index in [-0.39, 0.29) is 16.1 Å². The lowest BCUT2D eigenvalue weighted by molar-refractivity contribution is -0.128. The highest BCUT2D eigenvalue weighted by atomic mass is 32.2. The summed E-state index contributed by atoms with van der Waals surface area (Å²) in [5.41, 5.74) is 5.65. The van der Waals surface area contributed by atoms with E-state index in [0.29, 0.717) is 18.8 Å². The van der Waals surface area contributed by atoms with Crippen LogP contribution in [0.2, 0.25) is 0 Å². The molecule has 0 aromatic carbocycles. The number of amides is 1. The van der Waals surface area contributed by atoms with Crippen molar-refractivity contribution in [2.75, 3.05) is 25.9 Å². The molecule has 0 radical (unpaired) electrons. The Bertz CT molecular complexity index is 234. The van der Waals surface area contributed by atoms with Crippen LogP contribution in [-0.2, 0) is 4.79 Å². The molecule has 0 heterocycles.